The van der Waals surface area contributed by atoms with Crippen LogP contribution in [-0.2, 0) is 16.1 Å². The first-order valence-electron chi connectivity index (χ1n) is 8.47. The highest BCUT2D eigenvalue weighted by Crippen LogP contribution is 2.26. The number of ether oxygens (including phenoxy) is 2. The summed E-state index contributed by atoms with van der Waals surface area (Å²) in [5.41, 5.74) is 4.67. The van der Waals surface area contributed by atoms with Gasteiger partial charge < -0.3 is 9.47 Å². The van der Waals surface area contributed by atoms with Gasteiger partial charge in [-0.15, -0.1) is 0 Å². The second kappa shape index (κ2) is 8.48. The second-order valence-electron chi connectivity index (χ2n) is 6.13. The first kappa shape index (κ1) is 19.4. The third kappa shape index (κ3) is 4.20. The molecule has 2 aromatic rings. The normalized spacial score (nSPS) is 11.2. The maximum absolute atomic E-state index is 12.0. The van der Waals surface area contributed by atoms with Crippen LogP contribution in [0.3, 0.4) is 0 Å². The number of esters is 1. The minimum atomic E-state index is -0.377. The smallest absolute Gasteiger partial charge is 0.338 e. The van der Waals surface area contributed by atoms with E-state index in [1.54, 1.807) is 19.9 Å². The number of ketones is 1. The van der Waals surface area contributed by atoms with Gasteiger partial charge in [-0.1, -0.05) is 30.3 Å². The van der Waals surface area contributed by atoms with Crippen LogP contribution in [0.5, 0.6) is 5.75 Å². The van der Waals surface area contributed by atoms with Crippen LogP contribution < -0.4 is 4.74 Å². The Morgan fingerprint density at radius 3 is 2.35 bits per heavy atom. The second-order valence-corrected chi connectivity index (χ2v) is 6.13. The van der Waals surface area contributed by atoms with E-state index in [1.165, 1.54) is 7.11 Å². The molecule has 0 spiro atoms. The molecule has 0 aliphatic heterocycles. The first-order valence-corrected chi connectivity index (χ1v) is 8.47. The molecule has 0 aliphatic rings. The standard InChI is InChI=1S/C22H24O4/c1-6-18(22(24)25-5)19-10-8-7-9-17(19)13-26-21-12-14(2)20(16(4)23)11-15(21)3/h6-12H,13H2,1-5H3. The Balaban J connectivity index is 2.30. The van der Waals surface area contributed by atoms with Crippen LogP contribution in [0.4, 0.5) is 0 Å². The largest absolute Gasteiger partial charge is 0.489 e. The fourth-order valence-corrected chi connectivity index (χ4v) is 2.88. The molecule has 26 heavy (non-hydrogen) atoms. The lowest BCUT2D eigenvalue weighted by Gasteiger charge is -2.15. The fraction of sp³-hybridized carbons (Fsp3) is 0.273. The summed E-state index contributed by atoms with van der Waals surface area (Å²) in [5, 5.41) is 0. The Kier molecular flexibility index (Phi) is 6.34. The van der Waals surface area contributed by atoms with E-state index < -0.39 is 0 Å². The predicted octanol–water partition coefficient (Wildman–Crippen LogP) is 4.66. The highest BCUT2D eigenvalue weighted by molar-refractivity contribution is 6.16. The quantitative estimate of drug-likeness (QED) is 0.431. The van der Waals surface area contributed by atoms with E-state index in [-0.39, 0.29) is 11.8 Å². The van der Waals surface area contributed by atoms with E-state index in [0.29, 0.717) is 17.7 Å². The molecule has 0 amide bonds. The van der Waals surface area contributed by atoms with Crippen molar-refractivity contribution in [3.8, 4) is 5.75 Å². The molecule has 0 N–H and O–H groups in total. The van der Waals surface area contributed by atoms with Crippen LogP contribution in [0.2, 0.25) is 0 Å². The van der Waals surface area contributed by atoms with Crippen molar-refractivity contribution in [3.63, 3.8) is 0 Å². The summed E-state index contributed by atoms with van der Waals surface area (Å²) in [6.45, 7) is 7.48. The van der Waals surface area contributed by atoms with Crippen molar-refractivity contribution >= 4 is 17.3 Å². The summed E-state index contributed by atoms with van der Waals surface area (Å²) in [5.74, 6) is 0.387. The van der Waals surface area contributed by atoms with Crippen molar-refractivity contribution < 1.29 is 19.1 Å². The zero-order valence-electron chi connectivity index (χ0n) is 15.9. The van der Waals surface area contributed by atoms with Crippen molar-refractivity contribution in [1.82, 2.24) is 0 Å². The molecule has 0 aromatic heterocycles. The van der Waals surface area contributed by atoms with E-state index in [4.69, 9.17) is 9.47 Å². The Bertz CT molecular complexity index is 862. The average Bonchev–Trinajstić information content (AvgIpc) is 2.63. The molecule has 0 saturated heterocycles. The minimum Gasteiger partial charge on any atom is -0.489 e. The van der Waals surface area contributed by atoms with Crippen LogP contribution in [0.15, 0.2) is 42.5 Å². The van der Waals surface area contributed by atoms with Crippen LogP contribution >= 0.6 is 0 Å². The Morgan fingerprint density at radius 2 is 1.73 bits per heavy atom. The lowest BCUT2D eigenvalue weighted by Crippen LogP contribution is -2.08. The van der Waals surface area contributed by atoms with Gasteiger partial charge in [0.1, 0.15) is 12.4 Å². The summed E-state index contributed by atoms with van der Waals surface area (Å²) >= 11 is 0. The molecular weight excluding hydrogens is 328 g/mol. The van der Waals surface area contributed by atoms with Gasteiger partial charge in [-0.05, 0) is 62.1 Å². The summed E-state index contributed by atoms with van der Waals surface area (Å²) in [6, 6.07) is 11.3. The molecule has 0 heterocycles. The van der Waals surface area contributed by atoms with Crippen molar-refractivity contribution in [2.75, 3.05) is 7.11 Å². The third-order valence-electron chi connectivity index (χ3n) is 4.29. The summed E-state index contributed by atoms with van der Waals surface area (Å²) in [7, 11) is 1.37. The highest BCUT2D eigenvalue weighted by atomic mass is 16.5. The zero-order chi connectivity index (χ0) is 19.3. The molecule has 0 saturated carbocycles. The molecule has 0 atom stereocenters. The number of rotatable bonds is 6. The van der Waals surface area contributed by atoms with Gasteiger partial charge in [-0.25, -0.2) is 4.79 Å². The van der Waals surface area contributed by atoms with Gasteiger partial charge in [0.2, 0.25) is 0 Å². The number of allylic oxidation sites excluding steroid dienone is 1. The molecule has 2 rings (SSSR count). The number of hydrogen-bond acceptors (Lipinski definition) is 4. The Morgan fingerprint density at radius 1 is 1.04 bits per heavy atom. The number of hydrogen-bond donors (Lipinski definition) is 0. The van der Waals surface area contributed by atoms with Crippen LogP contribution in [0.1, 0.15) is 46.5 Å². The van der Waals surface area contributed by atoms with Gasteiger partial charge in [0.15, 0.2) is 5.78 Å². The van der Waals surface area contributed by atoms with E-state index >= 15 is 0 Å². The number of methoxy groups -OCH3 is 1. The number of carbonyl (C=O) groups is 2. The van der Waals surface area contributed by atoms with Crippen molar-refractivity contribution in [2.45, 2.75) is 34.3 Å². The SMILES string of the molecule is CC=C(C(=O)OC)c1ccccc1COc1cc(C)c(C(C)=O)cc1C. The van der Waals surface area contributed by atoms with Crippen LogP contribution in [0.25, 0.3) is 5.57 Å². The lowest BCUT2D eigenvalue weighted by atomic mass is 9.99. The van der Waals surface area contributed by atoms with Crippen molar-refractivity contribution in [1.29, 1.82) is 0 Å². The minimum absolute atomic E-state index is 0.0401. The maximum atomic E-state index is 12.0. The number of Topliss-reactive ketones (excluding diaryl/α,β-unsaturated/α-hetero) is 1. The highest BCUT2D eigenvalue weighted by Gasteiger charge is 2.16. The summed E-state index contributed by atoms with van der Waals surface area (Å²) in [6.07, 6.45) is 1.74. The van der Waals surface area contributed by atoms with E-state index in [0.717, 1.165) is 28.0 Å². The van der Waals surface area contributed by atoms with Crippen LogP contribution in [-0.4, -0.2) is 18.9 Å². The van der Waals surface area contributed by atoms with Gasteiger partial charge in [-0.2, -0.15) is 0 Å². The van der Waals surface area contributed by atoms with Gasteiger partial charge >= 0.3 is 5.97 Å². The molecule has 136 valence electrons. The monoisotopic (exact) mass is 352 g/mol. The average molecular weight is 352 g/mol. The molecule has 0 bridgehead atoms. The number of carbonyl (C=O) groups excluding carboxylic acids is 2. The van der Waals surface area contributed by atoms with E-state index in [2.05, 4.69) is 0 Å². The number of benzene rings is 2. The molecular formula is C22H24O4. The summed E-state index contributed by atoms with van der Waals surface area (Å²) in [4.78, 5) is 23.7. The van der Waals surface area contributed by atoms with Crippen LogP contribution in [0, 0.1) is 13.8 Å². The Hall–Kier alpha value is -2.88. The molecule has 0 radical (unpaired) electrons. The number of aryl methyl sites for hydroxylation is 2. The van der Waals surface area contributed by atoms with Gasteiger partial charge in [0.05, 0.1) is 12.7 Å². The van der Waals surface area contributed by atoms with Crippen molar-refractivity contribution in [3.05, 3.63) is 70.3 Å². The lowest BCUT2D eigenvalue weighted by molar-refractivity contribution is -0.133. The molecule has 4 nitrogen and oxygen atoms in total. The van der Waals surface area contributed by atoms with Gasteiger partial charge in [0, 0.05) is 5.56 Å². The van der Waals surface area contributed by atoms with Gasteiger partial charge in [-0.3, -0.25) is 4.79 Å². The fourth-order valence-electron chi connectivity index (χ4n) is 2.88. The third-order valence-corrected chi connectivity index (χ3v) is 4.29. The topological polar surface area (TPSA) is 52.6 Å². The Labute approximate surface area is 154 Å². The molecule has 2 aromatic carbocycles. The van der Waals surface area contributed by atoms with E-state index in [9.17, 15) is 9.59 Å². The molecule has 0 fully saturated rings. The first-order chi connectivity index (χ1) is 12.4. The maximum Gasteiger partial charge on any atom is 0.338 e. The van der Waals surface area contributed by atoms with E-state index in [1.807, 2.05) is 50.2 Å². The van der Waals surface area contributed by atoms with Crippen molar-refractivity contribution in [2.24, 2.45) is 0 Å². The molecule has 0 unspecified atom stereocenters. The zero-order valence-corrected chi connectivity index (χ0v) is 15.9. The summed E-state index contributed by atoms with van der Waals surface area (Å²) < 4.78 is 10.9. The molecule has 4 heteroatoms. The predicted molar refractivity (Wildman–Crippen MR) is 102 cm³/mol. The molecule has 0 aliphatic carbocycles. The van der Waals surface area contributed by atoms with Gasteiger partial charge in [0.25, 0.3) is 0 Å².